The largest absolute Gasteiger partial charge is 0.392 e. The molecule has 1 aromatic carbocycles. The molecular weight excluding hydrogens is 208 g/mol. The number of benzene rings is 1. The zero-order valence-corrected chi connectivity index (χ0v) is 10.5. The second kappa shape index (κ2) is 4.54. The molecule has 0 amide bonds. The van der Waals surface area contributed by atoms with Crippen LogP contribution in [-0.4, -0.2) is 11.2 Å². The second-order valence-electron chi connectivity index (χ2n) is 5.01. The van der Waals surface area contributed by atoms with Gasteiger partial charge in [-0.2, -0.15) is 0 Å². The summed E-state index contributed by atoms with van der Waals surface area (Å²) >= 11 is 6.06. The summed E-state index contributed by atoms with van der Waals surface area (Å²) in [6.45, 7) is 8.23. The summed E-state index contributed by atoms with van der Waals surface area (Å²) in [4.78, 5) is 0. The number of alkyl halides is 1. The van der Waals surface area contributed by atoms with Crippen molar-refractivity contribution < 1.29 is 5.11 Å². The Hall–Kier alpha value is -0.530. The summed E-state index contributed by atoms with van der Waals surface area (Å²) in [6.07, 6.45) is -0.521. The molecule has 0 bridgehead atoms. The lowest BCUT2D eigenvalue weighted by atomic mass is 9.86. The van der Waals surface area contributed by atoms with Crippen LogP contribution in [0.4, 0.5) is 0 Å². The molecule has 1 nitrogen and oxygen atoms in total. The molecule has 1 N–H and O–H groups in total. The fourth-order valence-electron chi connectivity index (χ4n) is 1.45. The summed E-state index contributed by atoms with van der Waals surface area (Å²) in [6, 6.07) is 8.14. The van der Waals surface area contributed by atoms with Crippen LogP contribution in [0.2, 0.25) is 0 Å². The van der Waals surface area contributed by atoms with Crippen molar-refractivity contribution in [2.45, 2.75) is 44.6 Å². The summed E-state index contributed by atoms with van der Waals surface area (Å²) in [5, 5.41) is 9.05. The molecule has 15 heavy (non-hydrogen) atoms. The molecule has 0 saturated carbocycles. The number of halogens is 1. The molecule has 1 aromatic rings. The zero-order chi connectivity index (χ0) is 11.6. The van der Waals surface area contributed by atoms with Gasteiger partial charge in [0, 0.05) is 0 Å². The topological polar surface area (TPSA) is 20.2 Å². The normalized spacial score (nSPS) is 16.1. The molecule has 2 atom stereocenters. The van der Waals surface area contributed by atoms with Gasteiger partial charge in [0.15, 0.2) is 0 Å². The number of rotatable bonds is 2. The van der Waals surface area contributed by atoms with Gasteiger partial charge in [0.05, 0.1) is 11.5 Å². The molecular formula is C13H19ClO. The zero-order valence-electron chi connectivity index (χ0n) is 9.79. The Kier molecular flexibility index (Phi) is 3.80. The van der Waals surface area contributed by atoms with E-state index in [0.29, 0.717) is 0 Å². The van der Waals surface area contributed by atoms with E-state index >= 15 is 0 Å². The van der Waals surface area contributed by atoms with Crippen LogP contribution in [0, 0.1) is 0 Å². The van der Waals surface area contributed by atoms with E-state index in [0.717, 1.165) is 5.56 Å². The SMILES string of the molecule is CC(O)C(Cl)c1ccc(C(C)(C)C)cc1. The first-order chi connectivity index (χ1) is 6.82. The third-order valence-corrected chi connectivity index (χ3v) is 3.14. The lowest BCUT2D eigenvalue weighted by molar-refractivity contribution is 0.190. The Morgan fingerprint density at radius 1 is 1.13 bits per heavy atom. The van der Waals surface area contributed by atoms with Crippen LogP contribution >= 0.6 is 11.6 Å². The molecule has 0 spiro atoms. The van der Waals surface area contributed by atoms with E-state index in [1.54, 1.807) is 6.92 Å². The number of aliphatic hydroxyl groups is 1. The first kappa shape index (κ1) is 12.5. The van der Waals surface area contributed by atoms with Crippen molar-refractivity contribution in [2.24, 2.45) is 0 Å². The first-order valence-corrected chi connectivity index (χ1v) is 5.68. The Labute approximate surface area is 97.1 Å². The van der Waals surface area contributed by atoms with E-state index in [2.05, 4.69) is 32.9 Å². The average Bonchev–Trinajstić information content (AvgIpc) is 2.15. The molecule has 0 heterocycles. The summed E-state index contributed by atoms with van der Waals surface area (Å²) in [7, 11) is 0. The van der Waals surface area contributed by atoms with E-state index in [1.807, 2.05) is 12.1 Å². The van der Waals surface area contributed by atoms with Crippen LogP contribution in [0.25, 0.3) is 0 Å². The van der Waals surface area contributed by atoms with Crippen LogP contribution < -0.4 is 0 Å². The van der Waals surface area contributed by atoms with Gasteiger partial charge in [0.2, 0.25) is 0 Å². The Morgan fingerprint density at radius 3 is 1.93 bits per heavy atom. The van der Waals surface area contributed by atoms with Crippen molar-refractivity contribution in [3.05, 3.63) is 35.4 Å². The second-order valence-corrected chi connectivity index (χ2v) is 5.48. The summed E-state index contributed by atoms with van der Waals surface area (Å²) in [5.74, 6) is 0. The van der Waals surface area contributed by atoms with Gasteiger partial charge in [0.25, 0.3) is 0 Å². The molecule has 0 aliphatic heterocycles. The predicted molar refractivity (Wildman–Crippen MR) is 65.4 cm³/mol. The molecule has 84 valence electrons. The van der Waals surface area contributed by atoms with Gasteiger partial charge in [0.1, 0.15) is 0 Å². The van der Waals surface area contributed by atoms with Gasteiger partial charge in [-0.05, 0) is 23.5 Å². The van der Waals surface area contributed by atoms with Crippen LogP contribution in [0.15, 0.2) is 24.3 Å². The van der Waals surface area contributed by atoms with Crippen molar-refractivity contribution >= 4 is 11.6 Å². The van der Waals surface area contributed by atoms with Crippen LogP contribution in [-0.2, 0) is 5.41 Å². The maximum Gasteiger partial charge on any atom is 0.0841 e. The van der Waals surface area contributed by atoms with Crippen LogP contribution in [0.1, 0.15) is 44.2 Å². The van der Waals surface area contributed by atoms with E-state index in [-0.39, 0.29) is 10.8 Å². The first-order valence-electron chi connectivity index (χ1n) is 5.25. The highest BCUT2D eigenvalue weighted by molar-refractivity contribution is 6.21. The van der Waals surface area contributed by atoms with E-state index in [1.165, 1.54) is 5.56 Å². The van der Waals surface area contributed by atoms with E-state index in [9.17, 15) is 5.11 Å². The van der Waals surface area contributed by atoms with Gasteiger partial charge < -0.3 is 5.11 Å². The molecule has 0 fully saturated rings. The fraction of sp³-hybridized carbons (Fsp3) is 0.538. The lowest BCUT2D eigenvalue weighted by Crippen LogP contribution is -2.12. The third-order valence-electron chi connectivity index (χ3n) is 2.52. The minimum absolute atomic E-state index is 0.158. The predicted octanol–water partition coefficient (Wildman–Crippen LogP) is 3.64. The van der Waals surface area contributed by atoms with Gasteiger partial charge in [-0.3, -0.25) is 0 Å². The molecule has 2 heteroatoms. The maximum absolute atomic E-state index is 9.37. The van der Waals surface area contributed by atoms with Gasteiger partial charge in [-0.25, -0.2) is 0 Å². The van der Waals surface area contributed by atoms with Crippen molar-refractivity contribution in [1.82, 2.24) is 0 Å². The highest BCUT2D eigenvalue weighted by atomic mass is 35.5. The molecule has 0 aliphatic rings. The highest BCUT2D eigenvalue weighted by Crippen LogP contribution is 2.27. The van der Waals surface area contributed by atoms with E-state index in [4.69, 9.17) is 11.6 Å². The molecule has 0 saturated heterocycles. The standard InChI is InChI=1S/C13H19ClO/c1-9(15)12(14)10-5-7-11(8-6-10)13(2,3)4/h5-9,12,15H,1-4H3. The maximum atomic E-state index is 9.37. The minimum atomic E-state index is -0.521. The average molecular weight is 227 g/mol. The molecule has 1 rings (SSSR count). The van der Waals surface area contributed by atoms with Crippen molar-refractivity contribution in [2.75, 3.05) is 0 Å². The lowest BCUT2D eigenvalue weighted by Gasteiger charge is -2.20. The fourth-order valence-corrected chi connectivity index (χ4v) is 1.59. The molecule has 0 aliphatic carbocycles. The monoisotopic (exact) mass is 226 g/mol. The van der Waals surface area contributed by atoms with Crippen molar-refractivity contribution in [3.8, 4) is 0 Å². The van der Waals surface area contributed by atoms with Gasteiger partial charge >= 0.3 is 0 Å². The third kappa shape index (κ3) is 3.22. The smallest absolute Gasteiger partial charge is 0.0841 e. The number of hydrogen-bond acceptors (Lipinski definition) is 1. The molecule has 2 unspecified atom stereocenters. The van der Waals surface area contributed by atoms with Crippen molar-refractivity contribution in [1.29, 1.82) is 0 Å². The van der Waals surface area contributed by atoms with E-state index < -0.39 is 6.10 Å². The molecule has 0 aromatic heterocycles. The van der Waals surface area contributed by atoms with Crippen LogP contribution in [0.3, 0.4) is 0 Å². The Bertz CT molecular complexity index is 308. The summed E-state index contributed by atoms with van der Waals surface area (Å²) < 4.78 is 0. The van der Waals surface area contributed by atoms with Gasteiger partial charge in [-0.15, -0.1) is 11.6 Å². The summed E-state index contributed by atoms with van der Waals surface area (Å²) in [5.41, 5.74) is 2.41. The highest BCUT2D eigenvalue weighted by Gasteiger charge is 2.16. The van der Waals surface area contributed by atoms with Gasteiger partial charge in [-0.1, -0.05) is 45.0 Å². The number of hydrogen-bond donors (Lipinski definition) is 1. The number of aliphatic hydroxyl groups excluding tert-OH is 1. The Morgan fingerprint density at radius 2 is 1.60 bits per heavy atom. The minimum Gasteiger partial charge on any atom is -0.392 e. The quantitative estimate of drug-likeness (QED) is 0.764. The van der Waals surface area contributed by atoms with Crippen LogP contribution in [0.5, 0.6) is 0 Å². The molecule has 0 radical (unpaired) electrons. The Balaban J connectivity index is 2.91. The van der Waals surface area contributed by atoms with Crippen molar-refractivity contribution in [3.63, 3.8) is 0 Å².